The molecule has 23 heavy (non-hydrogen) atoms. The van der Waals surface area contributed by atoms with E-state index in [-0.39, 0.29) is 11.2 Å². The van der Waals surface area contributed by atoms with Crippen molar-refractivity contribution in [2.24, 2.45) is 0 Å². The fourth-order valence-electron chi connectivity index (χ4n) is 1.93. The number of nitrogens with one attached hydrogen (secondary N) is 1. The number of anilines is 1. The molecule has 1 heterocycles. The smallest absolute Gasteiger partial charge is 0.237 e. The normalized spacial score (nSPS) is 12.3. The van der Waals surface area contributed by atoms with Crippen LogP contribution in [0.3, 0.4) is 0 Å². The molecule has 7 heteroatoms. The van der Waals surface area contributed by atoms with Crippen LogP contribution >= 0.6 is 46.3 Å². The second-order valence-corrected chi connectivity index (χ2v) is 8.28. The van der Waals surface area contributed by atoms with Gasteiger partial charge >= 0.3 is 0 Å². The van der Waals surface area contributed by atoms with Crippen molar-refractivity contribution in [3.05, 3.63) is 52.5 Å². The summed E-state index contributed by atoms with van der Waals surface area (Å²) in [5.74, 6) is -0.126. The van der Waals surface area contributed by atoms with E-state index in [4.69, 9.17) is 23.2 Å². The Bertz CT molecular complexity index is 833. The minimum atomic E-state index is -0.290. The van der Waals surface area contributed by atoms with Crippen molar-refractivity contribution in [3.63, 3.8) is 0 Å². The SMILES string of the molecule is C[C@@H](Sc1nc2ccccc2s1)C(=O)Nc1ccc(Cl)cc1Cl. The molecule has 1 N–H and O–H groups in total. The van der Waals surface area contributed by atoms with Crippen LogP contribution in [0.15, 0.2) is 46.8 Å². The summed E-state index contributed by atoms with van der Waals surface area (Å²) in [6.07, 6.45) is 0. The Hall–Kier alpha value is -1.27. The molecule has 0 aliphatic heterocycles. The number of para-hydroxylation sites is 1. The molecule has 2 aromatic carbocycles. The van der Waals surface area contributed by atoms with E-state index in [2.05, 4.69) is 10.3 Å². The molecule has 0 aliphatic carbocycles. The molecule has 0 unspecified atom stereocenters. The Balaban J connectivity index is 1.69. The molecule has 0 saturated carbocycles. The lowest BCUT2D eigenvalue weighted by Crippen LogP contribution is -2.22. The number of halogens is 2. The predicted octanol–water partition coefficient (Wildman–Crippen LogP) is 5.72. The lowest BCUT2D eigenvalue weighted by molar-refractivity contribution is -0.115. The van der Waals surface area contributed by atoms with Gasteiger partial charge in [-0.05, 0) is 37.3 Å². The Morgan fingerprint density at radius 2 is 2.04 bits per heavy atom. The zero-order chi connectivity index (χ0) is 16.4. The highest BCUT2D eigenvalue weighted by Crippen LogP contribution is 2.33. The van der Waals surface area contributed by atoms with Crippen molar-refractivity contribution in [2.75, 3.05) is 5.32 Å². The fraction of sp³-hybridized carbons (Fsp3) is 0.125. The molecule has 3 rings (SSSR count). The number of carbonyl (C=O) groups is 1. The van der Waals surface area contributed by atoms with Crippen LogP contribution < -0.4 is 5.32 Å². The third-order valence-electron chi connectivity index (χ3n) is 3.11. The molecular formula is C16H12Cl2N2OS2. The van der Waals surface area contributed by atoms with Gasteiger partial charge in [0.05, 0.1) is 26.2 Å². The minimum Gasteiger partial charge on any atom is -0.324 e. The van der Waals surface area contributed by atoms with E-state index < -0.39 is 0 Å². The molecule has 3 aromatic rings. The van der Waals surface area contributed by atoms with Crippen LogP contribution in [-0.4, -0.2) is 16.1 Å². The lowest BCUT2D eigenvalue weighted by atomic mass is 10.3. The molecule has 118 valence electrons. The van der Waals surface area contributed by atoms with E-state index in [9.17, 15) is 4.79 Å². The van der Waals surface area contributed by atoms with Crippen molar-refractivity contribution >= 4 is 68.1 Å². The highest BCUT2D eigenvalue weighted by atomic mass is 35.5. The van der Waals surface area contributed by atoms with Crippen LogP contribution in [0.1, 0.15) is 6.92 Å². The molecule has 1 aromatic heterocycles. The summed E-state index contributed by atoms with van der Waals surface area (Å²) >= 11 is 14.9. The maximum Gasteiger partial charge on any atom is 0.237 e. The van der Waals surface area contributed by atoms with Gasteiger partial charge in [0, 0.05) is 5.02 Å². The fourth-order valence-corrected chi connectivity index (χ4v) is 4.60. The Morgan fingerprint density at radius 3 is 2.78 bits per heavy atom. The Labute approximate surface area is 152 Å². The van der Waals surface area contributed by atoms with Gasteiger partial charge in [-0.25, -0.2) is 4.98 Å². The summed E-state index contributed by atoms with van der Waals surface area (Å²) in [7, 11) is 0. The average Bonchev–Trinajstić information content (AvgIpc) is 2.92. The number of thioether (sulfide) groups is 1. The average molecular weight is 383 g/mol. The highest BCUT2D eigenvalue weighted by molar-refractivity contribution is 8.02. The molecule has 0 bridgehead atoms. The molecule has 0 saturated heterocycles. The molecular weight excluding hydrogens is 371 g/mol. The number of carbonyl (C=O) groups excluding carboxylic acids is 1. The quantitative estimate of drug-likeness (QED) is 0.586. The summed E-state index contributed by atoms with van der Waals surface area (Å²) in [6, 6.07) is 12.9. The van der Waals surface area contributed by atoms with E-state index in [0.717, 1.165) is 14.6 Å². The first-order valence-electron chi connectivity index (χ1n) is 6.81. The number of hydrogen-bond donors (Lipinski definition) is 1. The standard InChI is InChI=1S/C16H12Cl2N2OS2/c1-9(15(21)19-12-7-6-10(17)8-11(12)18)22-16-20-13-4-2-3-5-14(13)23-16/h2-9H,1H3,(H,19,21)/t9-/m1/s1. The number of thiazole rings is 1. The van der Waals surface area contributed by atoms with Gasteiger partial charge in [-0.3, -0.25) is 4.79 Å². The van der Waals surface area contributed by atoms with Crippen LogP contribution in [0.2, 0.25) is 10.0 Å². The van der Waals surface area contributed by atoms with Gasteiger partial charge in [0.25, 0.3) is 0 Å². The van der Waals surface area contributed by atoms with Crippen LogP contribution in [0.25, 0.3) is 10.2 Å². The molecule has 1 amide bonds. The largest absolute Gasteiger partial charge is 0.324 e. The first-order valence-corrected chi connectivity index (χ1v) is 9.26. The van der Waals surface area contributed by atoms with Crippen LogP contribution in [-0.2, 0) is 4.79 Å². The van der Waals surface area contributed by atoms with Gasteiger partial charge in [-0.1, -0.05) is 47.1 Å². The topological polar surface area (TPSA) is 42.0 Å². The Morgan fingerprint density at radius 1 is 1.26 bits per heavy atom. The molecule has 0 fully saturated rings. The van der Waals surface area contributed by atoms with E-state index >= 15 is 0 Å². The molecule has 0 radical (unpaired) electrons. The summed E-state index contributed by atoms with van der Waals surface area (Å²) < 4.78 is 1.99. The minimum absolute atomic E-state index is 0.126. The van der Waals surface area contributed by atoms with E-state index in [1.807, 2.05) is 31.2 Å². The number of hydrogen-bond acceptors (Lipinski definition) is 4. The van der Waals surface area contributed by atoms with Gasteiger partial charge < -0.3 is 5.32 Å². The van der Waals surface area contributed by atoms with Gasteiger partial charge in [0.2, 0.25) is 5.91 Å². The third kappa shape index (κ3) is 3.98. The summed E-state index contributed by atoms with van der Waals surface area (Å²) in [6.45, 7) is 1.84. The van der Waals surface area contributed by atoms with E-state index in [0.29, 0.717) is 15.7 Å². The number of amides is 1. The van der Waals surface area contributed by atoms with Crippen LogP contribution in [0.5, 0.6) is 0 Å². The maximum absolute atomic E-state index is 12.3. The van der Waals surface area contributed by atoms with Gasteiger partial charge in [0.15, 0.2) is 4.34 Å². The predicted molar refractivity (Wildman–Crippen MR) is 100 cm³/mol. The van der Waals surface area contributed by atoms with Gasteiger partial charge in [-0.15, -0.1) is 11.3 Å². The van der Waals surface area contributed by atoms with Crippen molar-refractivity contribution in [2.45, 2.75) is 16.5 Å². The Kier molecular flexibility index (Phi) is 5.11. The van der Waals surface area contributed by atoms with Crippen molar-refractivity contribution in [3.8, 4) is 0 Å². The first kappa shape index (κ1) is 16.6. The summed E-state index contributed by atoms with van der Waals surface area (Å²) in [5, 5.41) is 3.48. The van der Waals surface area contributed by atoms with Gasteiger partial charge in [-0.2, -0.15) is 0 Å². The number of rotatable bonds is 4. The zero-order valence-electron chi connectivity index (χ0n) is 12.0. The number of fused-ring (bicyclic) bond motifs is 1. The van der Waals surface area contributed by atoms with Crippen LogP contribution in [0, 0.1) is 0 Å². The summed E-state index contributed by atoms with van der Waals surface area (Å²) in [4.78, 5) is 16.9. The monoisotopic (exact) mass is 382 g/mol. The van der Waals surface area contributed by atoms with Crippen LogP contribution in [0.4, 0.5) is 5.69 Å². The second kappa shape index (κ2) is 7.09. The molecule has 3 nitrogen and oxygen atoms in total. The van der Waals surface area contributed by atoms with E-state index in [1.165, 1.54) is 11.8 Å². The molecule has 1 atom stereocenters. The van der Waals surface area contributed by atoms with Crippen molar-refractivity contribution < 1.29 is 4.79 Å². The van der Waals surface area contributed by atoms with Crippen molar-refractivity contribution in [1.29, 1.82) is 0 Å². The second-order valence-electron chi connectivity index (χ2n) is 4.82. The number of benzene rings is 2. The number of aromatic nitrogens is 1. The van der Waals surface area contributed by atoms with Crippen molar-refractivity contribution in [1.82, 2.24) is 4.98 Å². The third-order valence-corrected chi connectivity index (χ3v) is 5.89. The number of nitrogens with zero attached hydrogens (tertiary/aromatic N) is 1. The molecule has 0 spiro atoms. The van der Waals surface area contributed by atoms with Gasteiger partial charge in [0.1, 0.15) is 0 Å². The first-order chi connectivity index (χ1) is 11.0. The maximum atomic E-state index is 12.3. The highest BCUT2D eigenvalue weighted by Gasteiger charge is 2.18. The molecule has 0 aliphatic rings. The lowest BCUT2D eigenvalue weighted by Gasteiger charge is -2.11. The summed E-state index contributed by atoms with van der Waals surface area (Å²) in [5.41, 5.74) is 1.51. The zero-order valence-corrected chi connectivity index (χ0v) is 15.2. The van der Waals surface area contributed by atoms with E-state index in [1.54, 1.807) is 29.5 Å².